The zero-order valence-corrected chi connectivity index (χ0v) is 17.3. The molecule has 4 aromatic rings. The molecule has 29 heavy (non-hydrogen) atoms. The van der Waals surface area contributed by atoms with Gasteiger partial charge in [-0.3, -0.25) is 14.2 Å². The lowest BCUT2D eigenvalue weighted by Crippen LogP contribution is -2.26. The van der Waals surface area contributed by atoms with E-state index in [0.717, 1.165) is 10.2 Å². The second-order valence-corrected chi connectivity index (χ2v) is 7.47. The number of anilines is 1. The van der Waals surface area contributed by atoms with E-state index in [1.54, 1.807) is 11.6 Å². The summed E-state index contributed by atoms with van der Waals surface area (Å²) < 4.78 is 4.04. The van der Waals surface area contributed by atoms with Crippen molar-refractivity contribution < 1.29 is 4.79 Å². The summed E-state index contributed by atoms with van der Waals surface area (Å²) in [5.74, 6) is 0.366. The van der Waals surface area contributed by atoms with E-state index in [1.165, 1.54) is 10.8 Å². The van der Waals surface area contributed by atoms with E-state index in [9.17, 15) is 9.59 Å². The number of halogens is 1. The number of nitrogens with zero attached hydrogens (tertiary/aromatic N) is 4. The van der Waals surface area contributed by atoms with Crippen LogP contribution in [0.25, 0.3) is 16.7 Å². The molecule has 2 aromatic heterocycles. The van der Waals surface area contributed by atoms with Crippen LogP contribution in [0.3, 0.4) is 0 Å². The van der Waals surface area contributed by atoms with Crippen LogP contribution in [0.1, 0.15) is 12.2 Å². The van der Waals surface area contributed by atoms with Gasteiger partial charge in [0.1, 0.15) is 11.2 Å². The number of aromatic nitrogens is 4. The van der Waals surface area contributed by atoms with Gasteiger partial charge in [0.05, 0.1) is 11.9 Å². The Morgan fingerprint density at radius 3 is 2.69 bits per heavy atom. The highest BCUT2D eigenvalue weighted by Crippen LogP contribution is 2.16. The third-order valence-corrected chi connectivity index (χ3v) is 5.04. The van der Waals surface area contributed by atoms with E-state index in [-0.39, 0.29) is 24.4 Å². The average Bonchev–Trinajstić information content (AvgIpc) is 3.12. The maximum Gasteiger partial charge on any atom is 0.264 e. The first kappa shape index (κ1) is 19.1. The molecule has 0 aliphatic rings. The Kier molecular flexibility index (Phi) is 5.26. The van der Waals surface area contributed by atoms with Gasteiger partial charge in [-0.25, -0.2) is 9.67 Å². The molecule has 0 aliphatic carbocycles. The number of benzene rings is 2. The van der Waals surface area contributed by atoms with Gasteiger partial charge in [-0.15, -0.1) is 0 Å². The Hall–Kier alpha value is -3.26. The van der Waals surface area contributed by atoms with E-state index in [0.29, 0.717) is 22.5 Å². The van der Waals surface area contributed by atoms with Crippen molar-refractivity contribution in [3.63, 3.8) is 0 Å². The van der Waals surface area contributed by atoms with Gasteiger partial charge < -0.3 is 5.32 Å². The van der Waals surface area contributed by atoms with Crippen LogP contribution in [0.4, 0.5) is 5.69 Å². The molecule has 0 spiro atoms. The van der Waals surface area contributed by atoms with Crippen LogP contribution in [0.15, 0.2) is 70.1 Å². The van der Waals surface area contributed by atoms with Crippen molar-refractivity contribution in [2.45, 2.75) is 19.9 Å². The second-order valence-electron chi connectivity index (χ2n) is 6.55. The molecule has 0 bridgehead atoms. The minimum Gasteiger partial charge on any atom is -0.326 e. The summed E-state index contributed by atoms with van der Waals surface area (Å²) in [5, 5.41) is 7.58. The molecule has 0 unspecified atom stereocenters. The highest BCUT2D eigenvalue weighted by atomic mass is 79.9. The van der Waals surface area contributed by atoms with Crippen molar-refractivity contribution in [2.24, 2.45) is 0 Å². The molecule has 8 heteroatoms. The quantitative estimate of drug-likeness (QED) is 0.501. The van der Waals surface area contributed by atoms with E-state index in [4.69, 9.17) is 0 Å². The number of fused-ring (bicyclic) bond motifs is 1. The highest BCUT2D eigenvalue weighted by molar-refractivity contribution is 9.10. The number of nitrogens with one attached hydrogen (secondary N) is 1. The molecule has 2 heterocycles. The Balaban J connectivity index is 1.57. The zero-order valence-electron chi connectivity index (χ0n) is 15.7. The third kappa shape index (κ3) is 3.97. The molecule has 2 aromatic carbocycles. The Bertz CT molecular complexity index is 1250. The van der Waals surface area contributed by atoms with Crippen LogP contribution in [0.5, 0.6) is 0 Å². The fourth-order valence-corrected chi connectivity index (χ4v) is 3.53. The zero-order chi connectivity index (χ0) is 20.4. The first-order valence-electron chi connectivity index (χ1n) is 9.09. The lowest BCUT2D eigenvalue weighted by molar-refractivity contribution is -0.116. The number of carbonyl (C=O) groups excluding carboxylic acids is 1. The summed E-state index contributed by atoms with van der Waals surface area (Å²) in [4.78, 5) is 29.8. The Labute approximate surface area is 175 Å². The van der Waals surface area contributed by atoms with E-state index >= 15 is 0 Å². The molecule has 1 amide bonds. The van der Waals surface area contributed by atoms with Gasteiger partial charge in [-0.2, -0.15) is 5.10 Å². The van der Waals surface area contributed by atoms with Crippen molar-refractivity contribution >= 4 is 38.6 Å². The second kappa shape index (κ2) is 8.00. The van der Waals surface area contributed by atoms with Gasteiger partial charge in [0, 0.05) is 23.1 Å². The van der Waals surface area contributed by atoms with Crippen LogP contribution in [0, 0.1) is 6.92 Å². The van der Waals surface area contributed by atoms with Crippen LogP contribution in [0.2, 0.25) is 0 Å². The fourth-order valence-electron chi connectivity index (χ4n) is 3.13. The van der Waals surface area contributed by atoms with Gasteiger partial charge in [0.15, 0.2) is 5.65 Å². The standard InChI is InChI=1S/C21H18BrN5O2/c1-14-24-20-18(13-23-27(20)17-8-3-2-4-9-17)21(29)26(14)11-10-19(28)25-16-7-5-6-15(22)12-16/h2-9,12-13H,10-11H2,1H3,(H,25,28). The number of amides is 1. The maximum absolute atomic E-state index is 12.9. The Morgan fingerprint density at radius 2 is 1.93 bits per heavy atom. The summed E-state index contributed by atoms with van der Waals surface area (Å²) in [6.45, 7) is 2.00. The van der Waals surface area contributed by atoms with Crippen LogP contribution in [-0.4, -0.2) is 25.2 Å². The summed E-state index contributed by atoms with van der Waals surface area (Å²) in [7, 11) is 0. The summed E-state index contributed by atoms with van der Waals surface area (Å²) >= 11 is 3.38. The normalized spacial score (nSPS) is 11.0. The fraction of sp³-hybridized carbons (Fsp3) is 0.143. The monoisotopic (exact) mass is 451 g/mol. The van der Waals surface area contributed by atoms with Crippen LogP contribution in [-0.2, 0) is 11.3 Å². The van der Waals surface area contributed by atoms with Gasteiger partial charge >= 0.3 is 0 Å². The predicted molar refractivity (Wildman–Crippen MR) is 115 cm³/mol. The minimum atomic E-state index is -0.204. The number of hydrogen-bond acceptors (Lipinski definition) is 4. The topological polar surface area (TPSA) is 81.8 Å². The molecule has 0 saturated carbocycles. The van der Waals surface area contributed by atoms with Gasteiger partial charge in [0.25, 0.3) is 5.56 Å². The van der Waals surface area contributed by atoms with Crippen molar-refractivity contribution in [1.82, 2.24) is 19.3 Å². The lowest BCUT2D eigenvalue weighted by Gasteiger charge is -2.11. The summed E-state index contributed by atoms with van der Waals surface area (Å²) in [6.07, 6.45) is 1.68. The SMILES string of the molecule is Cc1nc2c(cnn2-c2ccccc2)c(=O)n1CCC(=O)Nc1cccc(Br)c1. The van der Waals surface area contributed by atoms with Crippen LogP contribution >= 0.6 is 15.9 Å². The molecule has 0 radical (unpaired) electrons. The number of para-hydroxylation sites is 1. The first-order chi connectivity index (χ1) is 14.0. The molecule has 7 nitrogen and oxygen atoms in total. The lowest BCUT2D eigenvalue weighted by atomic mass is 10.3. The summed E-state index contributed by atoms with van der Waals surface area (Å²) in [5.41, 5.74) is 1.84. The van der Waals surface area contributed by atoms with Crippen molar-refractivity contribution in [1.29, 1.82) is 0 Å². The first-order valence-corrected chi connectivity index (χ1v) is 9.88. The molecular formula is C21H18BrN5O2. The molecular weight excluding hydrogens is 434 g/mol. The smallest absolute Gasteiger partial charge is 0.264 e. The largest absolute Gasteiger partial charge is 0.326 e. The van der Waals surface area contributed by atoms with Crippen LogP contribution < -0.4 is 10.9 Å². The van der Waals surface area contributed by atoms with Crippen molar-refractivity contribution in [2.75, 3.05) is 5.32 Å². The van der Waals surface area contributed by atoms with E-state index in [2.05, 4.69) is 31.3 Å². The van der Waals surface area contributed by atoms with Gasteiger partial charge in [-0.1, -0.05) is 40.2 Å². The molecule has 0 atom stereocenters. The number of carbonyl (C=O) groups is 1. The van der Waals surface area contributed by atoms with Crippen molar-refractivity contribution in [3.8, 4) is 5.69 Å². The average molecular weight is 452 g/mol. The summed E-state index contributed by atoms with van der Waals surface area (Å²) in [6, 6.07) is 16.9. The highest BCUT2D eigenvalue weighted by Gasteiger charge is 2.15. The van der Waals surface area contributed by atoms with E-state index in [1.807, 2.05) is 54.6 Å². The number of aryl methyl sites for hydroxylation is 1. The van der Waals surface area contributed by atoms with Crippen molar-refractivity contribution in [3.05, 3.63) is 81.4 Å². The number of hydrogen-bond donors (Lipinski definition) is 1. The molecule has 4 rings (SSSR count). The Morgan fingerprint density at radius 1 is 1.14 bits per heavy atom. The molecule has 0 saturated heterocycles. The minimum absolute atomic E-state index is 0.160. The predicted octanol–water partition coefficient (Wildman–Crippen LogP) is 3.68. The van der Waals surface area contributed by atoms with E-state index < -0.39 is 0 Å². The van der Waals surface area contributed by atoms with Gasteiger partial charge in [-0.05, 0) is 37.3 Å². The van der Waals surface area contributed by atoms with Gasteiger partial charge in [0.2, 0.25) is 5.91 Å². The third-order valence-electron chi connectivity index (χ3n) is 4.55. The maximum atomic E-state index is 12.9. The number of rotatable bonds is 5. The molecule has 0 aliphatic heterocycles. The molecule has 1 N–H and O–H groups in total. The molecule has 146 valence electrons. The molecule has 0 fully saturated rings.